The summed E-state index contributed by atoms with van der Waals surface area (Å²) in [7, 11) is 1.30. The molecule has 1 aliphatic rings. The number of ether oxygens (including phenoxy) is 2. The van der Waals surface area contributed by atoms with E-state index in [1.54, 1.807) is 64.1 Å². The smallest absolute Gasteiger partial charge is 0.407 e. The number of hydrogen-bond donors (Lipinski definition) is 4. The molecule has 13 heteroatoms. The molecule has 0 bridgehead atoms. The maximum Gasteiger partial charge on any atom is 0.407 e. The molecule has 1 saturated heterocycles. The number of esters is 1. The lowest BCUT2D eigenvalue weighted by Gasteiger charge is -2.28. The van der Waals surface area contributed by atoms with Gasteiger partial charge in [0, 0.05) is 25.2 Å². The highest BCUT2D eigenvalue weighted by atomic mass is 35.5. The number of halogens is 4. The van der Waals surface area contributed by atoms with Crippen LogP contribution in [0.5, 0.6) is 0 Å². The summed E-state index contributed by atoms with van der Waals surface area (Å²) in [5, 5.41) is 13.5. The second-order valence-electron chi connectivity index (χ2n) is 10.5. The van der Waals surface area contributed by atoms with E-state index in [4.69, 9.17) is 55.9 Å². The number of rotatable bonds is 7. The van der Waals surface area contributed by atoms with E-state index in [2.05, 4.69) is 21.3 Å². The van der Waals surface area contributed by atoms with Crippen LogP contribution in [0.25, 0.3) is 0 Å². The molecule has 2 aromatic carbocycles. The molecule has 0 radical (unpaired) electrons. The van der Waals surface area contributed by atoms with Gasteiger partial charge >= 0.3 is 12.1 Å². The van der Waals surface area contributed by atoms with Gasteiger partial charge in [0.2, 0.25) is 5.91 Å². The minimum Gasteiger partial charge on any atom is -0.468 e. The molecule has 41 heavy (non-hydrogen) atoms. The number of amides is 2. The molecule has 1 aliphatic heterocycles. The van der Waals surface area contributed by atoms with Crippen LogP contribution < -0.4 is 21.3 Å². The number of nitrogens with one attached hydrogen (secondary N) is 4. The van der Waals surface area contributed by atoms with E-state index >= 15 is 0 Å². The lowest BCUT2D eigenvalue weighted by molar-refractivity contribution is -0.143. The summed E-state index contributed by atoms with van der Waals surface area (Å²) in [4.78, 5) is 35.6. The van der Waals surface area contributed by atoms with E-state index in [1.165, 1.54) is 7.11 Å². The monoisotopic (exact) mass is 648 g/mol. The Labute approximate surface area is 260 Å². The molecule has 0 aliphatic carbocycles. The highest BCUT2D eigenvalue weighted by molar-refractivity contribution is 6.42. The van der Waals surface area contributed by atoms with Gasteiger partial charge in [-0.25, -0.2) is 9.59 Å². The van der Waals surface area contributed by atoms with Crippen LogP contribution in [-0.2, 0) is 19.1 Å². The maximum absolute atomic E-state index is 12.1. The Bertz CT molecular complexity index is 1220. The van der Waals surface area contributed by atoms with Crippen LogP contribution in [0.4, 0.5) is 4.79 Å². The molecule has 9 nitrogen and oxygen atoms in total. The van der Waals surface area contributed by atoms with Gasteiger partial charge in [-0.1, -0.05) is 58.5 Å². The van der Waals surface area contributed by atoms with Gasteiger partial charge < -0.3 is 25.4 Å². The summed E-state index contributed by atoms with van der Waals surface area (Å²) in [5.41, 5.74) is 0.871. The van der Waals surface area contributed by atoms with Gasteiger partial charge in [0.25, 0.3) is 0 Å². The summed E-state index contributed by atoms with van der Waals surface area (Å²) in [6, 6.07) is 8.94. The van der Waals surface area contributed by atoms with Crippen molar-refractivity contribution in [3.8, 4) is 0 Å². The molecule has 226 valence electrons. The maximum atomic E-state index is 12.1. The van der Waals surface area contributed by atoms with E-state index in [0.717, 1.165) is 12.1 Å². The van der Waals surface area contributed by atoms with Crippen molar-refractivity contribution in [2.24, 2.45) is 0 Å². The third kappa shape index (κ3) is 11.5. The van der Waals surface area contributed by atoms with Crippen LogP contribution in [0, 0.1) is 0 Å². The summed E-state index contributed by atoms with van der Waals surface area (Å²) in [6.45, 7) is 10.2. The van der Waals surface area contributed by atoms with Crippen molar-refractivity contribution < 1.29 is 23.9 Å². The summed E-state index contributed by atoms with van der Waals surface area (Å²) in [5.74, 6) is -0.500. The van der Waals surface area contributed by atoms with Crippen LogP contribution in [0.15, 0.2) is 36.4 Å². The molecular formula is C28H36Cl4N4O5. The molecule has 4 N–H and O–H groups in total. The zero-order valence-electron chi connectivity index (χ0n) is 23.7. The normalized spacial score (nSPS) is 18.2. The summed E-state index contributed by atoms with van der Waals surface area (Å²) < 4.78 is 10.0. The zero-order valence-corrected chi connectivity index (χ0v) is 26.8. The molecule has 2 amide bonds. The minimum atomic E-state index is -0.734. The fraction of sp³-hybridized carbons (Fsp3) is 0.464. The first-order valence-electron chi connectivity index (χ1n) is 12.9. The van der Waals surface area contributed by atoms with Crippen LogP contribution >= 0.6 is 46.4 Å². The lowest BCUT2D eigenvalue weighted by Crippen LogP contribution is -2.52. The first-order valence-corrected chi connectivity index (χ1v) is 14.4. The number of hydrogen-bond acceptors (Lipinski definition) is 7. The Kier molecular flexibility index (Phi) is 13.5. The Hall–Kier alpha value is -2.27. The number of piperazine rings is 1. The van der Waals surface area contributed by atoms with Crippen molar-refractivity contribution >= 4 is 64.4 Å². The van der Waals surface area contributed by atoms with Crippen molar-refractivity contribution in [1.82, 2.24) is 21.3 Å². The van der Waals surface area contributed by atoms with Crippen molar-refractivity contribution in [3.05, 3.63) is 67.6 Å². The highest BCUT2D eigenvalue weighted by Gasteiger charge is 2.27. The number of carbonyl (C=O) groups excluding carboxylic acids is 3. The minimum absolute atomic E-state index is 0.0304. The summed E-state index contributed by atoms with van der Waals surface area (Å²) in [6.07, 6.45) is -0.522. The van der Waals surface area contributed by atoms with Crippen LogP contribution in [0.1, 0.15) is 57.8 Å². The SMILES string of the molecule is COC(=O)C(NCC(C)NC(=O)OC(C)(C)C)c1ccc(Cl)c(Cl)c1.C[C@@H]1CN[C@@H](c2ccc(Cl)c(Cl)c2)C(=O)N1. The Morgan fingerprint density at radius 2 is 1.63 bits per heavy atom. The number of alkyl carbamates (subject to hydrolysis) is 1. The van der Waals surface area contributed by atoms with E-state index in [0.29, 0.717) is 32.2 Å². The Balaban J connectivity index is 0.000000314. The van der Waals surface area contributed by atoms with Gasteiger partial charge in [-0.15, -0.1) is 0 Å². The average molecular weight is 650 g/mol. The van der Waals surface area contributed by atoms with E-state index < -0.39 is 23.7 Å². The molecule has 1 heterocycles. The average Bonchev–Trinajstić information content (AvgIpc) is 2.87. The molecule has 0 aromatic heterocycles. The molecule has 2 unspecified atom stereocenters. The number of benzene rings is 2. The zero-order chi connectivity index (χ0) is 30.9. The second kappa shape index (κ2) is 15.8. The van der Waals surface area contributed by atoms with Crippen LogP contribution in [-0.4, -0.2) is 55.9 Å². The number of carbonyl (C=O) groups is 3. The summed E-state index contributed by atoms with van der Waals surface area (Å²) >= 11 is 23.7. The van der Waals surface area contributed by atoms with Crippen molar-refractivity contribution in [1.29, 1.82) is 0 Å². The number of methoxy groups -OCH3 is 1. The van der Waals surface area contributed by atoms with Crippen LogP contribution in [0.2, 0.25) is 20.1 Å². The van der Waals surface area contributed by atoms with Gasteiger partial charge in [-0.05, 0) is 70.0 Å². The fourth-order valence-corrected chi connectivity index (χ4v) is 4.34. The Morgan fingerprint density at radius 3 is 2.17 bits per heavy atom. The van der Waals surface area contributed by atoms with Crippen molar-refractivity contribution in [2.75, 3.05) is 20.2 Å². The standard InChI is InChI=1S/C17H24Cl2N2O4.C11H12Cl2N2O/c1-10(21-16(23)25-17(2,3)4)9-20-14(15(22)24-5)11-6-7-12(18)13(19)8-11;1-6-5-14-10(11(16)15-6)7-2-3-8(12)9(13)4-7/h6-8,10,14,20H,9H2,1-5H3,(H,21,23);2-4,6,10,14H,5H2,1H3,(H,15,16)/t;6-,10+/m.1/s1. The largest absolute Gasteiger partial charge is 0.468 e. The first kappa shape index (κ1) is 34.9. The van der Waals surface area contributed by atoms with E-state index in [1.807, 2.05) is 6.92 Å². The predicted octanol–water partition coefficient (Wildman–Crippen LogP) is 5.85. The molecular weight excluding hydrogens is 614 g/mol. The van der Waals surface area contributed by atoms with Gasteiger partial charge in [0.15, 0.2) is 0 Å². The van der Waals surface area contributed by atoms with Gasteiger partial charge in [0.05, 0.1) is 27.2 Å². The Morgan fingerprint density at radius 1 is 1.02 bits per heavy atom. The molecule has 4 atom stereocenters. The first-order chi connectivity index (χ1) is 19.1. The fourth-order valence-electron chi connectivity index (χ4n) is 3.73. The third-order valence-corrected chi connectivity index (χ3v) is 7.14. The van der Waals surface area contributed by atoms with E-state index in [-0.39, 0.29) is 24.0 Å². The quantitative estimate of drug-likeness (QED) is 0.278. The molecule has 3 rings (SSSR count). The van der Waals surface area contributed by atoms with Crippen molar-refractivity contribution in [2.45, 2.75) is 64.4 Å². The highest BCUT2D eigenvalue weighted by Crippen LogP contribution is 2.27. The van der Waals surface area contributed by atoms with Gasteiger partial charge in [-0.2, -0.15) is 0 Å². The molecule has 2 aromatic rings. The predicted molar refractivity (Wildman–Crippen MR) is 163 cm³/mol. The molecule has 0 saturated carbocycles. The molecule has 1 fully saturated rings. The second-order valence-corrected chi connectivity index (χ2v) is 12.1. The van der Waals surface area contributed by atoms with Crippen LogP contribution in [0.3, 0.4) is 0 Å². The topological polar surface area (TPSA) is 118 Å². The van der Waals surface area contributed by atoms with Gasteiger partial charge in [-0.3, -0.25) is 10.1 Å². The molecule has 0 spiro atoms. The third-order valence-electron chi connectivity index (χ3n) is 5.66. The van der Waals surface area contributed by atoms with E-state index in [9.17, 15) is 14.4 Å². The van der Waals surface area contributed by atoms with Crippen molar-refractivity contribution in [3.63, 3.8) is 0 Å². The van der Waals surface area contributed by atoms with Gasteiger partial charge in [0.1, 0.15) is 17.7 Å². The lowest BCUT2D eigenvalue weighted by atomic mass is 10.0.